The summed E-state index contributed by atoms with van der Waals surface area (Å²) < 4.78 is 10.7. The Balaban J connectivity index is 2.71. The van der Waals surface area contributed by atoms with Gasteiger partial charge < -0.3 is 51.8 Å². The van der Waals surface area contributed by atoms with Gasteiger partial charge in [0.1, 0.15) is 12.2 Å². The molecule has 0 bridgehead atoms. The molecule has 8 atom stereocenters. The van der Waals surface area contributed by atoms with Crippen molar-refractivity contribution < 1.29 is 52.9 Å². The van der Waals surface area contributed by atoms with Gasteiger partial charge in [-0.25, -0.2) is 4.79 Å². The Bertz CT molecular complexity index is 1770. The Morgan fingerprint density at radius 2 is 0.956 bits per heavy atom. The standard InChI is InChI=1S/C50H85N7O11/c1-29(2)20-37(54-41(58)22-33(9)52-45(62)27-40(32(7)8)57-49(66)68-50(12,13)14)24-43(60)53-35(11)47(64)48(65)56-39(31(5)6)26-44(61)51-34(10)23-42(59)55-38(21-30(3)4)25-46(63)67-28-36-18-16-15-17-19-36/h15-19,29-35,37-40,47,64H,20-28H2,1-14H3,(H,51,61)(H,52,62)(H,53,60)(H,54,58)(H,55,59)(H,56,65)(H,57,66)/t33-,34-,35-,37-,38-,39+,40+,47+/m0/s1. The normalized spacial score (nSPS) is 15.2. The number of alkyl carbamates (subject to hydrolysis) is 1. The van der Waals surface area contributed by atoms with E-state index in [0.717, 1.165) is 5.56 Å². The van der Waals surface area contributed by atoms with E-state index in [1.807, 2.05) is 71.9 Å². The molecule has 0 aliphatic rings. The van der Waals surface area contributed by atoms with Crippen molar-refractivity contribution in [3.05, 3.63) is 35.9 Å². The lowest BCUT2D eigenvalue weighted by Crippen LogP contribution is -2.53. The van der Waals surface area contributed by atoms with E-state index in [1.54, 1.807) is 48.5 Å². The van der Waals surface area contributed by atoms with Crippen LogP contribution >= 0.6 is 0 Å². The highest BCUT2D eigenvalue weighted by Gasteiger charge is 2.30. The molecule has 1 rings (SSSR count). The molecule has 0 spiro atoms. The third-order valence-corrected chi connectivity index (χ3v) is 10.7. The first-order valence-corrected chi connectivity index (χ1v) is 24.2. The molecule has 18 nitrogen and oxygen atoms in total. The summed E-state index contributed by atoms with van der Waals surface area (Å²) in [6.45, 7) is 25.4. The highest BCUT2D eigenvalue weighted by molar-refractivity contribution is 5.85. The van der Waals surface area contributed by atoms with Gasteiger partial charge in [-0.1, -0.05) is 85.7 Å². The van der Waals surface area contributed by atoms with Crippen LogP contribution in [0.25, 0.3) is 0 Å². The van der Waals surface area contributed by atoms with Gasteiger partial charge in [0.2, 0.25) is 29.5 Å². The molecule has 7 amide bonds. The van der Waals surface area contributed by atoms with E-state index < -0.39 is 83.8 Å². The molecule has 0 unspecified atom stereocenters. The van der Waals surface area contributed by atoms with Crippen molar-refractivity contribution in [1.82, 2.24) is 37.2 Å². The van der Waals surface area contributed by atoms with Gasteiger partial charge in [-0.2, -0.15) is 0 Å². The van der Waals surface area contributed by atoms with Gasteiger partial charge >= 0.3 is 12.1 Å². The monoisotopic (exact) mass is 960 g/mol. The third-order valence-electron chi connectivity index (χ3n) is 10.7. The van der Waals surface area contributed by atoms with Gasteiger partial charge in [0.05, 0.1) is 12.5 Å². The summed E-state index contributed by atoms with van der Waals surface area (Å²) in [5.41, 5.74) is 0.158. The fraction of sp³-hybridized carbons (Fsp3) is 0.720. The molecule has 68 heavy (non-hydrogen) atoms. The summed E-state index contributed by atoms with van der Waals surface area (Å²) in [5, 5.41) is 30.4. The molecular formula is C50H85N7O11. The number of rotatable bonds is 29. The van der Waals surface area contributed by atoms with Crippen molar-refractivity contribution in [2.24, 2.45) is 23.7 Å². The molecule has 0 fully saturated rings. The van der Waals surface area contributed by atoms with Gasteiger partial charge in [-0.15, -0.1) is 0 Å². The second-order valence-corrected chi connectivity index (χ2v) is 20.8. The van der Waals surface area contributed by atoms with E-state index >= 15 is 0 Å². The number of benzene rings is 1. The number of aliphatic hydroxyl groups excluding tert-OH is 1. The maximum absolute atomic E-state index is 13.2. The molecular weight excluding hydrogens is 875 g/mol. The molecule has 0 saturated carbocycles. The van der Waals surface area contributed by atoms with Crippen LogP contribution in [0.5, 0.6) is 0 Å². The summed E-state index contributed by atoms with van der Waals surface area (Å²) in [6.07, 6.45) is -1.71. The van der Waals surface area contributed by atoms with Crippen LogP contribution in [-0.2, 0) is 49.6 Å². The molecule has 386 valence electrons. The van der Waals surface area contributed by atoms with Crippen LogP contribution in [0, 0.1) is 23.7 Å². The van der Waals surface area contributed by atoms with Gasteiger partial charge in [0.25, 0.3) is 5.91 Å². The zero-order chi connectivity index (χ0) is 51.9. The number of aliphatic hydroxyl groups is 1. The maximum Gasteiger partial charge on any atom is 0.407 e. The first kappa shape index (κ1) is 60.8. The molecule has 0 aromatic heterocycles. The van der Waals surface area contributed by atoms with E-state index in [4.69, 9.17) is 9.47 Å². The summed E-state index contributed by atoms with van der Waals surface area (Å²) >= 11 is 0. The van der Waals surface area contributed by atoms with E-state index in [-0.39, 0.29) is 86.5 Å². The van der Waals surface area contributed by atoms with Crippen LogP contribution in [0.15, 0.2) is 30.3 Å². The summed E-state index contributed by atoms with van der Waals surface area (Å²) in [6, 6.07) is 4.91. The van der Waals surface area contributed by atoms with Gasteiger partial charge in [0.15, 0.2) is 6.10 Å². The van der Waals surface area contributed by atoms with Crippen LogP contribution in [0.2, 0.25) is 0 Å². The van der Waals surface area contributed by atoms with Crippen LogP contribution in [0.4, 0.5) is 4.79 Å². The minimum atomic E-state index is -1.67. The molecule has 0 heterocycles. The molecule has 0 saturated heterocycles. The number of hydrogen-bond acceptors (Lipinski definition) is 11. The van der Waals surface area contributed by atoms with E-state index in [9.17, 15) is 43.5 Å². The largest absolute Gasteiger partial charge is 0.461 e. The summed E-state index contributed by atoms with van der Waals surface area (Å²) in [5.74, 6) is -3.25. The van der Waals surface area contributed by atoms with Crippen LogP contribution in [0.1, 0.15) is 154 Å². The lowest BCUT2D eigenvalue weighted by atomic mass is 9.98. The van der Waals surface area contributed by atoms with Gasteiger partial charge in [0, 0.05) is 68.4 Å². The minimum absolute atomic E-state index is 0.00190. The fourth-order valence-electron chi connectivity index (χ4n) is 7.30. The van der Waals surface area contributed by atoms with Crippen LogP contribution in [-0.4, -0.2) is 107 Å². The lowest BCUT2D eigenvalue weighted by molar-refractivity contribution is -0.146. The number of esters is 1. The number of hydrogen-bond donors (Lipinski definition) is 8. The first-order chi connectivity index (χ1) is 31.5. The second kappa shape index (κ2) is 30.3. The van der Waals surface area contributed by atoms with Crippen molar-refractivity contribution in [1.29, 1.82) is 0 Å². The summed E-state index contributed by atoms with van der Waals surface area (Å²) in [7, 11) is 0. The van der Waals surface area contributed by atoms with Crippen molar-refractivity contribution in [2.75, 3.05) is 0 Å². The second-order valence-electron chi connectivity index (χ2n) is 20.8. The van der Waals surface area contributed by atoms with E-state index in [0.29, 0.717) is 12.8 Å². The van der Waals surface area contributed by atoms with Crippen LogP contribution < -0.4 is 37.2 Å². The lowest BCUT2D eigenvalue weighted by Gasteiger charge is -2.27. The van der Waals surface area contributed by atoms with Crippen molar-refractivity contribution >= 4 is 47.5 Å². The predicted molar refractivity (Wildman–Crippen MR) is 260 cm³/mol. The Labute approximate surface area is 405 Å². The quantitative estimate of drug-likeness (QED) is 0.0511. The number of carbonyl (C=O) groups excluding carboxylic acids is 8. The number of nitrogens with one attached hydrogen (secondary N) is 7. The van der Waals surface area contributed by atoms with Gasteiger partial charge in [-0.3, -0.25) is 33.6 Å². The Hall–Kier alpha value is -5.26. The number of carbonyl (C=O) groups is 8. The molecule has 0 aliphatic heterocycles. The predicted octanol–water partition coefficient (Wildman–Crippen LogP) is 4.70. The van der Waals surface area contributed by atoms with Crippen molar-refractivity contribution in [3.63, 3.8) is 0 Å². The molecule has 0 aliphatic carbocycles. The van der Waals surface area contributed by atoms with E-state index in [2.05, 4.69) is 37.2 Å². The fourth-order valence-corrected chi connectivity index (χ4v) is 7.30. The molecule has 18 heteroatoms. The summed E-state index contributed by atoms with van der Waals surface area (Å²) in [4.78, 5) is 104. The molecule has 1 aromatic rings. The Morgan fingerprint density at radius 3 is 1.40 bits per heavy atom. The highest BCUT2D eigenvalue weighted by Crippen LogP contribution is 2.15. The molecule has 8 N–H and O–H groups in total. The number of amides is 7. The van der Waals surface area contributed by atoms with Gasteiger partial charge in [-0.05, 0) is 83.6 Å². The Kier molecular flexibility index (Phi) is 27.0. The first-order valence-electron chi connectivity index (χ1n) is 24.2. The van der Waals surface area contributed by atoms with Crippen molar-refractivity contribution in [3.8, 4) is 0 Å². The zero-order valence-electron chi connectivity index (χ0n) is 43.2. The number of ether oxygens (including phenoxy) is 2. The minimum Gasteiger partial charge on any atom is -0.461 e. The average Bonchev–Trinajstić information content (AvgIpc) is 3.17. The zero-order valence-corrected chi connectivity index (χ0v) is 43.2. The SMILES string of the molecule is CC(C)C[C@@H](CC(=O)N[C@@H](C)[C@@H](O)C(=O)N[C@H](CC(=O)N[C@@H](C)CC(=O)N[C@H](CC(=O)OCc1ccccc1)CC(C)C)C(C)C)NC(=O)C[C@H](C)NC(=O)C[C@@H](NC(=O)OC(C)(C)C)C(C)C. The van der Waals surface area contributed by atoms with Crippen LogP contribution in [0.3, 0.4) is 0 Å². The molecule has 0 radical (unpaired) electrons. The molecule has 1 aromatic carbocycles. The topological polar surface area (TPSA) is 259 Å². The maximum atomic E-state index is 13.2. The van der Waals surface area contributed by atoms with Crippen molar-refractivity contribution in [2.45, 2.75) is 209 Å². The highest BCUT2D eigenvalue weighted by atomic mass is 16.6. The average molecular weight is 960 g/mol. The third kappa shape index (κ3) is 27.5. The van der Waals surface area contributed by atoms with E-state index in [1.165, 1.54) is 6.92 Å². The smallest absolute Gasteiger partial charge is 0.407 e. The Morgan fingerprint density at radius 1 is 0.529 bits per heavy atom.